The van der Waals surface area contributed by atoms with E-state index in [1.54, 1.807) is 0 Å². The monoisotopic (exact) mass is 298 g/mol. The van der Waals surface area contributed by atoms with Crippen LogP contribution in [0.15, 0.2) is 24.3 Å². The zero-order chi connectivity index (χ0) is 15.4. The maximum absolute atomic E-state index is 10.9. The molecule has 1 aromatic rings. The predicted octanol–water partition coefficient (Wildman–Crippen LogP) is 3.86. The van der Waals surface area contributed by atoms with E-state index in [1.165, 1.54) is 37.8 Å². The van der Waals surface area contributed by atoms with E-state index < -0.39 is 5.60 Å². The van der Waals surface area contributed by atoms with E-state index in [0.717, 1.165) is 38.3 Å². The van der Waals surface area contributed by atoms with Gasteiger partial charge in [0.15, 0.2) is 0 Å². The molecule has 3 rings (SSSR count). The molecule has 0 amide bonds. The molecule has 1 heterocycles. The molecule has 2 fully saturated rings. The van der Waals surface area contributed by atoms with Gasteiger partial charge in [0.1, 0.15) is 0 Å². The van der Waals surface area contributed by atoms with Gasteiger partial charge >= 0.3 is 0 Å². The Morgan fingerprint density at radius 2 is 1.73 bits per heavy atom. The van der Waals surface area contributed by atoms with Gasteiger partial charge in [0.25, 0.3) is 0 Å². The summed E-state index contributed by atoms with van der Waals surface area (Å²) in [6.07, 6.45) is 9.40. The van der Waals surface area contributed by atoms with Crippen molar-refractivity contribution in [1.82, 2.24) is 0 Å². The zero-order valence-corrected chi connectivity index (χ0v) is 13.3. The maximum atomic E-state index is 10.9. The molecule has 118 valence electrons. The molecule has 0 atom stereocenters. The molecule has 1 aliphatic heterocycles. The van der Waals surface area contributed by atoms with Crippen LogP contribution in [0.2, 0.25) is 0 Å². The second-order valence-electron chi connectivity index (χ2n) is 7.08. The molecular formula is C19H26N2O. The highest BCUT2D eigenvalue weighted by atomic mass is 16.3. The molecule has 0 radical (unpaired) electrons. The van der Waals surface area contributed by atoms with Crippen LogP contribution in [0.4, 0.5) is 5.69 Å². The van der Waals surface area contributed by atoms with Crippen LogP contribution < -0.4 is 4.90 Å². The number of piperidine rings is 1. The Balaban J connectivity index is 1.55. The molecule has 0 aromatic heterocycles. The largest absolute Gasteiger partial charge is 0.390 e. The smallest absolute Gasteiger partial charge is 0.0991 e. The van der Waals surface area contributed by atoms with Gasteiger partial charge in [-0.15, -0.1) is 0 Å². The Labute approximate surface area is 133 Å². The summed E-state index contributed by atoms with van der Waals surface area (Å²) in [5.74, 6) is 0.736. The first-order valence-corrected chi connectivity index (χ1v) is 8.66. The standard InChI is InChI=1S/C19H26N2O/c20-15-17-6-8-18(9-7-17)21-12-10-19(22,11-13-21)14-16-4-2-1-3-5-16/h6-9,16,22H,1-5,10-14H2. The van der Waals surface area contributed by atoms with Crippen molar-refractivity contribution in [3.8, 4) is 6.07 Å². The van der Waals surface area contributed by atoms with E-state index in [4.69, 9.17) is 5.26 Å². The first-order chi connectivity index (χ1) is 10.7. The van der Waals surface area contributed by atoms with Crippen LogP contribution in [0.3, 0.4) is 0 Å². The first kappa shape index (κ1) is 15.4. The number of anilines is 1. The van der Waals surface area contributed by atoms with E-state index in [2.05, 4.69) is 11.0 Å². The SMILES string of the molecule is N#Cc1ccc(N2CCC(O)(CC3CCCCC3)CC2)cc1. The molecule has 3 nitrogen and oxygen atoms in total. The van der Waals surface area contributed by atoms with Crippen LogP contribution >= 0.6 is 0 Å². The molecule has 22 heavy (non-hydrogen) atoms. The Kier molecular flexibility index (Phi) is 4.69. The minimum atomic E-state index is -0.453. The number of nitrogens with zero attached hydrogens (tertiary/aromatic N) is 2. The Hall–Kier alpha value is -1.53. The zero-order valence-electron chi connectivity index (χ0n) is 13.3. The van der Waals surface area contributed by atoms with Gasteiger partial charge in [-0.05, 0) is 49.4 Å². The number of hydrogen-bond donors (Lipinski definition) is 1. The Morgan fingerprint density at radius 1 is 1.09 bits per heavy atom. The summed E-state index contributed by atoms with van der Waals surface area (Å²) in [6.45, 7) is 1.82. The molecule has 2 aliphatic rings. The number of nitriles is 1. The highest BCUT2D eigenvalue weighted by molar-refractivity contribution is 5.50. The highest BCUT2D eigenvalue weighted by Crippen LogP contribution is 2.36. The number of aliphatic hydroxyl groups is 1. The average molecular weight is 298 g/mol. The summed E-state index contributed by atoms with van der Waals surface area (Å²) < 4.78 is 0. The third-order valence-electron chi connectivity index (χ3n) is 5.45. The summed E-state index contributed by atoms with van der Waals surface area (Å²) in [5.41, 5.74) is 1.42. The van der Waals surface area contributed by atoms with E-state index in [0.29, 0.717) is 5.56 Å². The molecule has 1 N–H and O–H groups in total. The van der Waals surface area contributed by atoms with Crippen molar-refractivity contribution in [2.24, 2.45) is 5.92 Å². The van der Waals surface area contributed by atoms with E-state index in [-0.39, 0.29) is 0 Å². The molecule has 1 saturated heterocycles. The van der Waals surface area contributed by atoms with Gasteiger partial charge in [-0.25, -0.2) is 0 Å². The van der Waals surface area contributed by atoms with Crippen molar-refractivity contribution in [3.63, 3.8) is 0 Å². The predicted molar refractivity (Wildman–Crippen MR) is 88.7 cm³/mol. The van der Waals surface area contributed by atoms with Gasteiger partial charge < -0.3 is 10.0 Å². The van der Waals surface area contributed by atoms with Crippen LogP contribution in [0.25, 0.3) is 0 Å². The molecule has 0 unspecified atom stereocenters. The van der Waals surface area contributed by atoms with Crippen LogP contribution in [0.1, 0.15) is 56.9 Å². The lowest BCUT2D eigenvalue weighted by Gasteiger charge is -2.41. The maximum Gasteiger partial charge on any atom is 0.0991 e. The van der Waals surface area contributed by atoms with Gasteiger partial charge in [0, 0.05) is 18.8 Å². The van der Waals surface area contributed by atoms with E-state index in [9.17, 15) is 5.11 Å². The quantitative estimate of drug-likeness (QED) is 0.921. The number of rotatable bonds is 3. The lowest BCUT2D eigenvalue weighted by Crippen LogP contribution is -2.45. The fourth-order valence-electron chi connectivity index (χ4n) is 4.06. The second kappa shape index (κ2) is 6.71. The third kappa shape index (κ3) is 3.62. The second-order valence-corrected chi connectivity index (χ2v) is 7.08. The minimum Gasteiger partial charge on any atom is -0.390 e. The normalized spacial score (nSPS) is 22.3. The summed E-state index contributed by atoms with van der Waals surface area (Å²) in [5, 5.41) is 19.8. The molecule has 1 saturated carbocycles. The van der Waals surface area contributed by atoms with Gasteiger partial charge in [-0.2, -0.15) is 5.26 Å². The van der Waals surface area contributed by atoms with Crippen LogP contribution in [0, 0.1) is 17.2 Å². The van der Waals surface area contributed by atoms with Crippen molar-refractivity contribution < 1.29 is 5.11 Å². The highest BCUT2D eigenvalue weighted by Gasteiger charge is 2.34. The molecule has 0 spiro atoms. The van der Waals surface area contributed by atoms with Gasteiger partial charge in [-0.1, -0.05) is 32.1 Å². The topological polar surface area (TPSA) is 47.3 Å². The Morgan fingerprint density at radius 3 is 2.32 bits per heavy atom. The van der Waals surface area contributed by atoms with Crippen molar-refractivity contribution in [3.05, 3.63) is 29.8 Å². The van der Waals surface area contributed by atoms with Gasteiger partial charge in [-0.3, -0.25) is 0 Å². The van der Waals surface area contributed by atoms with Crippen LogP contribution in [-0.4, -0.2) is 23.8 Å². The number of benzene rings is 1. The van der Waals surface area contributed by atoms with Crippen molar-refractivity contribution >= 4 is 5.69 Å². The molecule has 0 bridgehead atoms. The lowest BCUT2D eigenvalue weighted by molar-refractivity contribution is -0.0111. The number of hydrogen-bond acceptors (Lipinski definition) is 3. The Bertz CT molecular complexity index is 517. The van der Waals surface area contributed by atoms with E-state index >= 15 is 0 Å². The lowest BCUT2D eigenvalue weighted by atomic mass is 9.77. The minimum absolute atomic E-state index is 0.453. The fraction of sp³-hybridized carbons (Fsp3) is 0.632. The first-order valence-electron chi connectivity index (χ1n) is 8.66. The molecule has 3 heteroatoms. The fourth-order valence-corrected chi connectivity index (χ4v) is 4.06. The summed E-state index contributed by atoms with van der Waals surface area (Å²) in [6, 6.07) is 9.94. The summed E-state index contributed by atoms with van der Waals surface area (Å²) >= 11 is 0. The van der Waals surface area contributed by atoms with Gasteiger partial charge in [0.2, 0.25) is 0 Å². The van der Waals surface area contributed by atoms with Crippen LogP contribution in [0.5, 0.6) is 0 Å². The van der Waals surface area contributed by atoms with Crippen molar-refractivity contribution in [2.75, 3.05) is 18.0 Å². The third-order valence-corrected chi connectivity index (χ3v) is 5.45. The van der Waals surface area contributed by atoms with Gasteiger partial charge in [0.05, 0.1) is 17.2 Å². The van der Waals surface area contributed by atoms with Crippen LogP contribution in [-0.2, 0) is 0 Å². The summed E-state index contributed by atoms with van der Waals surface area (Å²) in [4.78, 5) is 2.33. The average Bonchev–Trinajstić information content (AvgIpc) is 2.56. The summed E-state index contributed by atoms with van der Waals surface area (Å²) in [7, 11) is 0. The molecule has 1 aromatic carbocycles. The molecular weight excluding hydrogens is 272 g/mol. The van der Waals surface area contributed by atoms with E-state index in [1.807, 2.05) is 24.3 Å². The molecule has 1 aliphatic carbocycles. The van der Waals surface area contributed by atoms with Crippen molar-refractivity contribution in [2.45, 2.75) is 57.0 Å². The van der Waals surface area contributed by atoms with Crippen molar-refractivity contribution in [1.29, 1.82) is 5.26 Å².